The second-order valence-corrected chi connectivity index (χ2v) is 19.7. The van der Waals surface area contributed by atoms with Crippen LogP contribution in [0.1, 0.15) is 230 Å². The van der Waals surface area contributed by atoms with Gasteiger partial charge in [-0.3, -0.25) is 9.98 Å². The van der Waals surface area contributed by atoms with Crippen LogP contribution in [0.3, 0.4) is 0 Å². The molecule has 4 aromatic rings. The molecule has 0 spiro atoms. The monoisotopic (exact) mass is 1060 g/mol. The van der Waals surface area contributed by atoms with E-state index in [2.05, 4.69) is 223 Å². The molecule has 0 bridgehead atoms. The predicted octanol–water partition coefficient (Wildman–Crippen LogP) is 19.8. The Labute approximate surface area is 432 Å². The number of nitrogens with zero attached hydrogens (tertiary/aromatic N) is 4. The third kappa shape index (κ3) is 16.8. The molecule has 0 aliphatic heterocycles. The van der Waals surface area contributed by atoms with Gasteiger partial charge in [-0.25, -0.2) is 0 Å². The summed E-state index contributed by atoms with van der Waals surface area (Å²) >= 11 is 0. The molecule has 64 heavy (non-hydrogen) atoms. The van der Waals surface area contributed by atoms with E-state index < -0.39 is 0 Å². The first-order chi connectivity index (χ1) is 29.0. The van der Waals surface area contributed by atoms with Gasteiger partial charge in [-0.05, 0) is 83.4 Å². The summed E-state index contributed by atoms with van der Waals surface area (Å²) in [5.74, 6) is 3.49. The van der Waals surface area contributed by atoms with Crippen LogP contribution in [0.2, 0.25) is 0 Å². The third-order valence-electron chi connectivity index (χ3n) is 11.4. The Hall–Kier alpha value is -2.86. The molecule has 0 N–H and O–H groups in total. The minimum absolute atomic E-state index is 0. The maximum atomic E-state index is 5.08. The van der Waals surface area contributed by atoms with Crippen molar-refractivity contribution in [3.8, 4) is 0 Å². The zero-order chi connectivity index (χ0) is 46.6. The standard InChI is InChI=1S/2C29H41N2.2Cd/c2*1-18(2)24-13-11-14-25(19(3)4)28(24)30-22(9)17-23(10)31-29-26(20(5)6)15-12-16-27(29)21(7)8;;/h2*11-21H,1-10H3;;/q2*-1;;/b2*22-17-,31-23?;;. The summed E-state index contributed by atoms with van der Waals surface area (Å²) in [5.41, 5.74) is 18.9. The smallest absolute Gasteiger partial charge is 0.0701 e. The van der Waals surface area contributed by atoms with Crippen molar-refractivity contribution in [1.82, 2.24) is 0 Å². The van der Waals surface area contributed by atoms with Crippen molar-refractivity contribution in [3.05, 3.63) is 151 Å². The first-order valence-electron chi connectivity index (χ1n) is 23.5. The van der Waals surface area contributed by atoms with Crippen LogP contribution < -0.4 is 0 Å². The van der Waals surface area contributed by atoms with E-state index in [9.17, 15) is 0 Å². The van der Waals surface area contributed by atoms with E-state index in [1.165, 1.54) is 44.5 Å². The van der Waals surface area contributed by atoms with Gasteiger partial charge in [0, 0.05) is 66.0 Å². The van der Waals surface area contributed by atoms with E-state index in [1.54, 1.807) is 0 Å². The fourth-order valence-corrected chi connectivity index (χ4v) is 8.00. The van der Waals surface area contributed by atoms with Gasteiger partial charge >= 0.3 is 0 Å². The Kier molecular flexibility index (Phi) is 25.6. The molecular weight excluding hydrogens is 977 g/mol. The van der Waals surface area contributed by atoms with Crippen LogP contribution in [0, 0.1) is 0 Å². The Balaban J connectivity index is 0.000000621. The number of aliphatic imine (C=N–C) groups is 2. The van der Waals surface area contributed by atoms with Gasteiger partial charge in [-0.1, -0.05) is 232 Å². The summed E-state index contributed by atoms with van der Waals surface area (Å²) in [6, 6.07) is 26.3. The van der Waals surface area contributed by atoms with Gasteiger partial charge in [-0.2, -0.15) is 11.4 Å². The van der Waals surface area contributed by atoms with Crippen molar-refractivity contribution >= 4 is 34.2 Å². The van der Waals surface area contributed by atoms with Crippen molar-refractivity contribution in [2.45, 2.75) is 186 Å². The second-order valence-electron chi connectivity index (χ2n) is 19.7. The first-order valence-corrected chi connectivity index (χ1v) is 23.5. The molecule has 4 rings (SSSR count). The third-order valence-corrected chi connectivity index (χ3v) is 11.4. The van der Waals surface area contributed by atoms with E-state index >= 15 is 0 Å². The SMILES string of the molecule is CC(/C=C(/C)[N-]c1c(C(C)C)cccc1C(C)C)=Nc1c(C(C)C)cccc1C(C)C.CC(/C=C(/C)[N-]c1c(C(C)C)cccc1C(C)C)=Nc1c(C(C)C)cccc1C(C)C.[Cd].[Cd]. The summed E-state index contributed by atoms with van der Waals surface area (Å²) < 4.78 is 0. The summed E-state index contributed by atoms with van der Waals surface area (Å²) in [6.07, 6.45) is 4.23. The molecule has 340 valence electrons. The van der Waals surface area contributed by atoms with Gasteiger partial charge in [0.15, 0.2) is 0 Å². The zero-order valence-electron chi connectivity index (χ0n) is 43.9. The molecule has 0 atom stereocenters. The number of para-hydroxylation sites is 4. The number of hydrogen-bond acceptors (Lipinski definition) is 2. The van der Waals surface area contributed by atoms with Gasteiger partial charge in [0.1, 0.15) is 0 Å². The fourth-order valence-electron chi connectivity index (χ4n) is 8.00. The molecule has 0 aliphatic rings. The normalized spacial score (nSPS) is 12.7. The average molecular weight is 1060 g/mol. The Morgan fingerprint density at radius 3 is 0.719 bits per heavy atom. The van der Waals surface area contributed by atoms with Crippen LogP contribution in [0.5, 0.6) is 0 Å². The summed E-state index contributed by atoms with van der Waals surface area (Å²) in [5, 5.41) is 10.2. The molecule has 0 amide bonds. The molecule has 0 fully saturated rings. The van der Waals surface area contributed by atoms with Crippen LogP contribution in [0.4, 0.5) is 22.7 Å². The Morgan fingerprint density at radius 2 is 0.531 bits per heavy atom. The molecule has 4 aromatic carbocycles. The van der Waals surface area contributed by atoms with Gasteiger partial charge in [0.2, 0.25) is 0 Å². The first kappa shape index (κ1) is 59.2. The minimum Gasteiger partial charge on any atom is -0.661 e. The molecule has 6 heteroatoms. The molecule has 0 radical (unpaired) electrons. The van der Waals surface area contributed by atoms with Crippen LogP contribution in [-0.2, 0) is 54.6 Å². The zero-order valence-corrected chi connectivity index (χ0v) is 52.0. The van der Waals surface area contributed by atoms with Gasteiger partial charge in [-0.15, -0.1) is 11.4 Å². The van der Waals surface area contributed by atoms with Gasteiger partial charge in [0.25, 0.3) is 0 Å². The van der Waals surface area contributed by atoms with Crippen molar-refractivity contribution in [2.24, 2.45) is 9.98 Å². The average Bonchev–Trinajstić information content (AvgIpc) is 3.17. The van der Waals surface area contributed by atoms with Crippen LogP contribution in [0.25, 0.3) is 10.6 Å². The molecule has 0 aliphatic carbocycles. The summed E-state index contributed by atoms with van der Waals surface area (Å²) in [4.78, 5) is 10.2. The number of hydrogen-bond donors (Lipinski definition) is 0. The molecule has 0 unspecified atom stereocenters. The largest absolute Gasteiger partial charge is 0.661 e. The maximum Gasteiger partial charge on any atom is 0.0701 e. The molecule has 0 heterocycles. The Bertz CT molecular complexity index is 1950. The Morgan fingerprint density at radius 1 is 0.344 bits per heavy atom. The summed E-state index contributed by atoms with van der Waals surface area (Å²) in [7, 11) is 0. The molecule has 0 saturated heterocycles. The van der Waals surface area contributed by atoms with Crippen molar-refractivity contribution < 1.29 is 54.6 Å². The molecule has 4 nitrogen and oxygen atoms in total. The summed E-state index contributed by atoms with van der Waals surface area (Å²) in [6.45, 7) is 44.1. The van der Waals surface area contributed by atoms with Crippen molar-refractivity contribution in [3.63, 3.8) is 0 Å². The van der Waals surface area contributed by atoms with Gasteiger partial charge in [0.05, 0.1) is 11.4 Å². The maximum absolute atomic E-state index is 5.08. The van der Waals surface area contributed by atoms with Crippen LogP contribution in [0.15, 0.2) is 106 Å². The fraction of sp³-hybridized carbons (Fsp3) is 0.483. The van der Waals surface area contributed by atoms with Crippen LogP contribution in [-0.4, -0.2) is 11.4 Å². The minimum atomic E-state index is 0. The quantitative estimate of drug-likeness (QED) is 0.0793. The second kappa shape index (κ2) is 27.7. The van der Waals surface area contributed by atoms with Crippen molar-refractivity contribution in [1.29, 1.82) is 0 Å². The molecule has 0 aromatic heterocycles. The van der Waals surface area contributed by atoms with Crippen molar-refractivity contribution in [2.75, 3.05) is 0 Å². The van der Waals surface area contributed by atoms with E-state index in [0.717, 1.165) is 45.6 Å². The number of benzene rings is 4. The van der Waals surface area contributed by atoms with E-state index in [1.807, 2.05) is 0 Å². The number of allylic oxidation sites excluding steroid dienone is 4. The topological polar surface area (TPSA) is 52.9 Å². The van der Waals surface area contributed by atoms with Gasteiger partial charge < -0.3 is 10.6 Å². The molecular formula is C58H82Cd2N4-2. The van der Waals surface area contributed by atoms with E-state index in [4.69, 9.17) is 20.6 Å². The van der Waals surface area contributed by atoms with Crippen LogP contribution >= 0.6 is 0 Å². The predicted molar refractivity (Wildman–Crippen MR) is 278 cm³/mol. The van der Waals surface area contributed by atoms with E-state index in [0.29, 0.717) is 47.3 Å². The molecule has 0 saturated carbocycles. The number of rotatable bonds is 16. The van der Waals surface area contributed by atoms with E-state index in [-0.39, 0.29) is 54.6 Å².